The maximum atomic E-state index is 14.1. The summed E-state index contributed by atoms with van der Waals surface area (Å²) in [6, 6.07) is -0.720. The maximum absolute atomic E-state index is 14.1. The van der Waals surface area contributed by atoms with Gasteiger partial charge >= 0.3 is 17.9 Å². The average Bonchev–Trinajstić information content (AvgIpc) is 2.99. The van der Waals surface area contributed by atoms with Crippen LogP contribution >= 0.6 is 0 Å². The molecule has 0 saturated heterocycles. The molecule has 0 aromatic carbocycles. The van der Waals surface area contributed by atoms with Crippen LogP contribution in [0.25, 0.3) is 0 Å². The molecule has 11 nitrogen and oxygen atoms in total. The minimum absolute atomic E-state index is 0.00132. The Kier molecular flexibility index (Phi) is 9.58. The molecule has 5 rings (SSSR count). The number of hydrogen-bond donors (Lipinski definition) is 1. The fourth-order valence-corrected chi connectivity index (χ4v) is 11.6. The first-order valence-corrected chi connectivity index (χ1v) is 18.0. The molecule has 0 aromatic heterocycles. The predicted molar refractivity (Wildman–Crippen MR) is 177 cm³/mol. The van der Waals surface area contributed by atoms with Gasteiger partial charge in [-0.1, -0.05) is 60.1 Å². The van der Waals surface area contributed by atoms with Crippen LogP contribution in [0.1, 0.15) is 120 Å². The van der Waals surface area contributed by atoms with Crippen LogP contribution in [0.4, 0.5) is 0 Å². The van der Waals surface area contributed by atoms with E-state index in [0.717, 1.165) is 57.8 Å². The molecular formula is C37H58N2O9. The first-order valence-electron chi connectivity index (χ1n) is 18.0. The number of allylic oxidation sites excluding steroid dienone is 2. The summed E-state index contributed by atoms with van der Waals surface area (Å²) in [7, 11) is 0. The van der Waals surface area contributed by atoms with Crippen LogP contribution in [-0.2, 0) is 33.4 Å². The van der Waals surface area contributed by atoms with E-state index in [2.05, 4.69) is 59.4 Å². The van der Waals surface area contributed by atoms with Crippen LogP contribution in [0.15, 0.2) is 11.6 Å². The molecule has 5 aliphatic rings. The van der Waals surface area contributed by atoms with E-state index in [1.54, 1.807) is 6.92 Å². The minimum atomic E-state index is -0.965. The van der Waals surface area contributed by atoms with Crippen LogP contribution in [0.2, 0.25) is 0 Å². The lowest BCUT2D eigenvalue weighted by atomic mass is 9.33. The second kappa shape index (κ2) is 12.6. The van der Waals surface area contributed by atoms with Crippen molar-refractivity contribution in [2.24, 2.45) is 56.0 Å². The Labute approximate surface area is 285 Å². The lowest BCUT2D eigenvalue weighted by Gasteiger charge is -2.71. The van der Waals surface area contributed by atoms with Gasteiger partial charge in [-0.2, -0.15) is 0 Å². The Morgan fingerprint density at radius 2 is 1.60 bits per heavy atom. The Hall–Kier alpha value is -2.69. The SMILES string of the molecule is C[C@H](N)C(=O)OCCOC(=O)[C@]12CCC(C)(C)C[C@H]1C1=CC[C@@H]3[C@@]4(C)CC[C@H](OC(=O)CO[N+](=O)[O-])C(C)(C)[C@@H]4CC[C@@]3(C)[C@]1(C)CC2. The molecule has 0 bridgehead atoms. The molecule has 4 fully saturated rings. The first-order chi connectivity index (χ1) is 22.2. The Morgan fingerprint density at radius 3 is 2.27 bits per heavy atom. The molecule has 9 atom stereocenters. The molecule has 48 heavy (non-hydrogen) atoms. The minimum Gasteiger partial charge on any atom is -0.462 e. The molecule has 5 aliphatic carbocycles. The molecule has 270 valence electrons. The Morgan fingerprint density at radius 1 is 0.938 bits per heavy atom. The number of carbonyl (C=O) groups is 3. The van der Waals surface area contributed by atoms with Gasteiger partial charge in [0.25, 0.3) is 5.09 Å². The summed E-state index contributed by atoms with van der Waals surface area (Å²) >= 11 is 0. The Bertz CT molecular complexity index is 1340. The number of ether oxygens (including phenoxy) is 3. The van der Waals surface area contributed by atoms with Crippen LogP contribution < -0.4 is 5.73 Å². The van der Waals surface area contributed by atoms with Crippen molar-refractivity contribution in [3.63, 3.8) is 0 Å². The van der Waals surface area contributed by atoms with E-state index in [4.69, 9.17) is 19.9 Å². The van der Waals surface area contributed by atoms with E-state index in [0.29, 0.717) is 18.3 Å². The standard InChI is InChI=1S/C37H58N2O9/c1-23(38)30(41)45-19-20-46-31(42)37-17-15-32(2,3)21-25(37)24-9-10-27-34(6)13-12-28(48-29(40)22-47-39(43)44)33(4,5)26(34)11-14-36(27,8)35(24,7)16-18-37/h9,23,25-28H,10-22,38H2,1-8H3/t23-,25-,26-,27+,28-,34-,35+,36+,37-/m0/s1. The topological polar surface area (TPSA) is 157 Å². The molecule has 11 heteroatoms. The van der Waals surface area contributed by atoms with Crippen LogP contribution in [0.5, 0.6) is 0 Å². The molecule has 2 N–H and O–H groups in total. The zero-order chi connectivity index (χ0) is 35.5. The number of esters is 3. The summed E-state index contributed by atoms with van der Waals surface area (Å²) in [5.74, 6) is -0.542. The summed E-state index contributed by atoms with van der Waals surface area (Å²) in [4.78, 5) is 53.3. The maximum Gasteiger partial charge on any atom is 0.332 e. The Balaban J connectivity index is 1.40. The number of nitrogens with zero attached hydrogens (tertiary/aromatic N) is 1. The average molecular weight is 675 g/mol. The van der Waals surface area contributed by atoms with E-state index < -0.39 is 35.1 Å². The van der Waals surface area contributed by atoms with Gasteiger partial charge in [-0.15, -0.1) is 10.1 Å². The zero-order valence-corrected chi connectivity index (χ0v) is 30.4. The molecule has 0 unspecified atom stereocenters. The third kappa shape index (κ3) is 5.93. The van der Waals surface area contributed by atoms with Gasteiger partial charge in [-0.05, 0) is 111 Å². The highest BCUT2D eigenvalue weighted by molar-refractivity contribution is 5.79. The number of fused-ring (bicyclic) bond motifs is 7. The monoisotopic (exact) mass is 674 g/mol. The molecular weight excluding hydrogens is 616 g/mol. The fraction of sp³-hybridized carbons (Fsp3) is 0.865. The quantitative estimate of drug-likeness (QED) is 0.0731. The lowest BCUT2D eigenvalue weighted by molar-refractivity contribution is -0.754. The van der Waals surface area contributed by atoms with Gasteiger partial charge in [0.2, 0.25) is 0 Å². The second-order valence-electron chi connectivity index (χ2n) is 17.8. The van der Waals surface area contributed by atoms with Gasteiger partial charge in [-0.3, -0.25) is 9.59 Å². The third-order valence-corrected chi connectivity index (χ3v) is 14.5. The lowest BCUT2D eigenvalue weighted by Crippen LogP contribution is -2.65. The predicted octanol–water partition coefficient (Wildman–Crippen LogP) is 6.34. The van der Waals surface area contributed by atoms with Crippen molar-refractivity contribution in [3.05, 3.63) is 21.8 Å². The number of rotatable bonds is 9. The highest BCUT2D eigenvalue weighted by Crippen LogP contribution is 2.76. The summed E-state index contributed by atoms with van der Waals surface area (Å²) in [6.45, 7) is 17.3. The molecule has 0 heterocycles. The van der Waals surface area contributed by atoms with Crippen molar-refractivity contribution in [2.45, 2.75) is 132 Å². The van der Waals surface area contributed by atoms with Crippen molar-refractivity contribution < 1.29 is 38.5 Å². The van der Waals surface area contributed by atoms with Crippen LogP contribution in [-0.4, -0.2) is 55.0 Å². The summed E-state index contributed by atoms with van der Waals surface area (Å²) in [5.41, 5.74) is 6.22. The molecule has 0 aliphatic heterocycles. The normalized spacial score (nSPS) is 39.9. The van der Waals surface area contributed by atoms with Gasteiger partial charge in [0, 0.05) is 5.41 Å². The number of hydrogen-bond acceptors (Lipinski definition) is 10. The van der Waals surface area contributed by atoms with E-state index in [1.807, 2.05) is 0 Å². The van der Waals surface area contributed by atoms with Gasteiger partial charge in [-0.25, -0.2) is 4.79 Å². The first kappa shape index (κ1) is 36.6. The van der Waals surface area contributed by atoms with Gasteiger partial charge in [0.05, 0.1) is 5.41 Å². The van der Waals surface area contributed by atoms with E-state index >= 15 is 0 Å². The van der Waals surface area contributed by atoms with Crippen LogP contribution in [0, 0.1) is 60.4 Å². The number of nitrogens with two attached hydrogens (primary N) is 1. The van der Waals surface area contributed by atoms with Crippen molar-refractivity contribution in [3.8, 4) is 0 Å². The summed E-state index contributed by atoms with van der Waals surface area (Å²) in [6.07, 6.45) is 11.2. The van der Waals surface area contributed by atoms with E-state index in [9.17, 15) is 24.5 Å². The fourth-order valence-electron chi connectivity index (χ4n) is 11.6. The van der Waals surface area contributed by atoms with Crippen molar-refractivity contribution >= 4 is 17.9 Å². The molecule has 0 radical (unpaired) electrons. The van der Waals surface area contributed by atoms with Gasteiger partial charge < -0.3 is 24.8 Å². The summed E-state index contributed by atoms with van der Waals surface area (Å²) < 4.78 is 16.9. The highest BCUT2D eigenvalue weighted by atomic mass is 17.0. The van der Waals surface area contributed by atoms with E-state index in [1.165, 1.54) is 5.57 Å². The molecule has 0 spiro atoms. The van der Waals surface area contributed by atoms with Crippen molar-refractivity contribution in [2.75, 3.05) is 19.8 Å². The zero-order valence-electron chi connectivity index (χ0n) is 30.4. The molecule has 0 aromatic rings. The largest absolute Gasteiger partial charge is 0.462 e. The number of carbonyl (C=O) groups excluding carboxylic acids is 3. The third-order valence-electron chi connectivity index (χ3n) is 14.5. The van der Waals surface area contributed by atoms with Gasteiger partial charge in [0.1, 0.15) is 25.4 Å². The second-order valence-corrected chi connectivity index (χ2v) is 17.8. The van der Waals surface area contributed by atoms with Crippen molar-refractivity contribution in [1.82, 2.24) is 0 Å². The van der Waals surface area contributed by atoms with Crippen molar-refractivity contribution in [1.29, 1.82) is 0 Å². The van der Waals surface area contributed by atoms with Crippen LogP contribution in [0.3, 0.4) is 0 Å². The highest BCUT2D eigenvalue weighted by Gasteiger charge is 2.69. The molecule has 4 saturated carbocycles. The van der Waals surface area contributed by atoms with E-state index in [-0.39, 0.29) is 58.3 Å². The summed E-state index contributed by atoms with van der Waals surface area (Å²) in [5, 5.41) is 9.66. The smallest absolute Gasteiger partial charge is 0.332 e. The van der Waals surface area contributed by atoms with Gasteiger partial charge in [0.15, 0.2) is 6.61 Å². The molecule has 0 amide bonds.